The minimum absolute atomic E-state index is 0.0479. The third-order valence-electron chi connectivity index (χ3n) is 3.41. The van der Waals surface area contributed by atoms with Gasteiger partial charge in [-0.1, -0.05) is 27.7 Å². The lowest BCUT2D eigenvalue weighted by atomic mass is 10.2. The summed E-state index contributed by atoms with van der Waals surface area (Å²) in [5, 5.41) is 3.33. The lowest BCUT2D eigenvalue weighted by Gasteiger charge is -2.23. The Morgan fingerprint density at radius 3 is 2.59 bits per heavy atom. The van der Waals surface area contributed by atoms with Crippen molar-refractivity contribution in [1.82, 2.24) is 15.1 Å². The van der Waals surface area contributed by atoms with E-state index >= 15 is 0 Å². The number of nitrogens with one attached hydrogen (secondary N) is 1. The van der Waals surface area contributed by atoms with Crippen LogP contribution in [0.5, 0.6) is 0 Å². The molecule has 1 aliphatic heterocycles. The molecule has 0 radical (unpaired) electrons. The van der Waals surface area contributed by atoms with Gasteiger partial charge in [0.05, 0.1) is 6.04 Å². The fraction of sp³-hybridized carbons (Fsp3) is 0.923. The molecule has 1 amide bonds. The van der Waals surface area contributed by atoms with Crippen LogP contribution in [0.2, 0.25) is 0 Å². The van der Waals surface area contributed by atoms with E-state index < -0.39 is 0 Å². The molecule has 1 saturated heterocycles. The number of carbonyl (C=O) groups excluding carboxylic acids is 1. The van der Waals surface area contributed by atoms with E-state index in [0.717, 1.165) is 39.1 Å². The zero-order valence-corrected chi connectivity index (χ0v) is 11.7. The van der Waals surface area contributed by atoms with E-state index in [9.17, 15) is 4.79 Å². The van der Waals surface area contributed by atoms with E-state index in [0.29, 0.717) is 6.04 Å². The minimum atomic E-state index is 0.0479. The quantitative estimate of drug-likeness (QED) is 0.720. The van der Waals surface area contributed by atoms with Crippen LogP contribution in [-0.2, 0) is 4.79 Å². The normalized spacial score (nSPS) is 20.9. The van der Waals surface area contributed by atoms with Crippen molar-refractivity contribution in [3.05, 3.63) is 0 Å². The van der Waals surface area contributed by atoms with Gasteiger partial charge < -0.3 is 15.1 Å². The second-order valence-corrected chi connectivity index (χ2v) is 5.01. The molecule has 0 spiro atoms. The predicted octanol–water partition coefficient (Wildman–Crippen LogP) is 0.927. The van der Waals surface area contributed by atoms with Crippen molar-refractivity contribution in [1.29, 1.82) is 0 Å². The Morgan fingerprint density at radius 1 is 1.41 bits per heavy atom. The molecule has 4 heteroatoms. The second kappa shape index (κ2) is 6.97. The maximum absolute atomic E-state index is 12.1. The summed E-state index contributed by atoms with van der Waals surface area (Å²) in [5.41, 5.74) is 0. The summed E-state index contributed by atoms with van der Waals surface area (Å²) in [6, 6.07) is 0.429. The van der Waals surface area contributed by atoms with Gasteiger partial charge in [0.15, 0.2) is 0 Å². The smallest absolute Gasteiger partial charge is 0.239 e. The lowest BCUT2D eigenvalue weighted by molar-refractivity contribution is -0.129. The van der Waals surface area contributed by atoms with Gasteiger partial charge in [0, 0.05) is 25.7 Å². The fourth-order valence-corrected chi connectivity index (χ4v) is 2.32. The third-order valence-corrected chi connectivity index (χ3v) is 3.41. The van der Waals surface area contributed by atoms with E-state index in [4.69, 9.17) is 0 Å². The molecule has 1 heterocycles. The second-order valence-electron chi connectivity index (χ2n) is 5.01. The average Bonchev–Trinajstić information content (AvgIpc) is 2.62. The molecular weight excluding hydrogens is 214 g/mol. The summed E-state index contributed by atoms with van der Waals surface area (Å²) in [5.74, 6) is 0.283. The van der Waals surface area contributed by atoms with Gasteiger partial charge in [0.2, 0.25) is 5.91 Å². The summed E-state index contributed by atoms with van der Waals surface area (Å²) in [7, 11) is 0. The first-order chi connectivity index (χ1) is 8.08. The zero-order valence-electron chi connectivity index (χ0n) is 11.7. The standard InChI is InChI=1S/C13H27N3O/c1-5-15(6-2)9-10-16-8-7-12(13(16)17)14-11(3)4/h11-12,14H,5-10H2,1-4H3. The van der Waals surface area contributed by atoms with Crippen LogP contribution in [0.3, 0.4) is 0 Å². The van der Waals surface area contributed by atoms with E-state index in [1.54, 1.807) is 0 Å². The maximum atomic E-state index is 12.1. The van der Waals surface area contributed by atoms with E-state index in [1.807, 2.05) is 4.90 Å². The molecule has 1 fully saturated rings. The van der Waals surface area contributed by atoms with Crippen LogP contribution >= 0.6 is 0 Å². The minimum Gasteiger partial charge on any atom is -0.340 e. The summed E-state index contributed by atoms with van der Waals surface area (Å²) in [6.07, 6.45) is 0.954. The highest BCUT2D eigenvalue weighted by Crippen LogP contribution is 2.11. The Bertz CT molecular complexity index is 239. The fourth-order valence-electron chi connectivity index (χ4n) is 2.32. The molecule has 1 unspecified atom stereocenters. The van der Waals surface area contributed by atoms with Crippen molar-refractivity contribution in [3.8, 4) is 0 Å². The number of amides is 1. The highest BCUT2D eigenvalue weighted by Gasteiger charge is 2.31. The molecule has 0 aromatic rings. The molecule has 4 nitrogen and oxygen atoms in total. The molecule has 0 aliphatic carbocycles. The SMILES string of the molecule is CCN(CC)CCN1CCC(NC(C)C)C1=O. The largest absolute Gasteiger partial charge is 0.340 e. The Kier molecular flexibility index (Phi) is 5.92. The predicted molar refractivity (Wildman–Crippen MR) is 71.0 cm³/mol. The summed E-state index contributed by atoms with van der Waals surface area (Å²) in [4.78, 5) is 16.4. The number of likely N-dealkylation sites (N-methyl/N-ethyl adjacent to an activating group) is 1. The first kappa shape index (κ1) is 14.5. The Morgan fingerprint density at radius 2 is 2.06 bits per heavy atom. The van der Waals surface area contributed by atoms with Gasteiger partial charge in [-0.25, -0.2) is 0 Å². The molecule has 100 valence electrons. The van der Waals surface area contributed by atoms with Gasteiger partial charge in [-0.05, 0) is 19.5 Å². The number of carbonyl (C=O) groups is 1. The number of hydrogen-bond acceptors (Lipinski definition) is 3. The Hall–Kier alpha value is -0.610. The average molecular weight is 241 g/mol. The van der Waals surface area contributed by atoms with Gasteiger partial charge in [-0.3, -0.25) is 4.79 Å². The van der Waals surface area contributed by atoms with Gasteiger partial charge in [0.25, 0.3) is 0 Å². The summed E-state index contributed by atoms with van der Waals surface area (Å²) >= 11 is 0. The van der Waals surface area contributed by atoms with Crippen molar-refractivity contribution >= 4 is 5.91 Å². The maximum Gasteiger partial charge on any atom is 0.239 e. The monoisotopic (exact) mass is 241 g/mol. The van der Waals surface area contributed by atoms with Gasteiger partial charge in [-0.2, -0.15) is 0 Å². The van der Waals surface area contributed by atoms with Crippen molar-refractivity contribution in [2.45, 2.75) is 46.2 Å². The molecule has 17 heavy (non-hydrogen) atoms. The first-order valence-electron chi connectivity index (χ1n) is 6.85. The van der Waals surface area contributed by atoms with Crippen LogP contribution < -0.4 is 5.32 Å². The topological polar surface area (TPSA) is 35.6 Å². The van der Waals surface area contributed by atoms with Crippen molar-refractivity contribution in [2.24, 2.45) is 0 Å². The summed E-state index contributed by atoms with van der Waals surface area (Å²) < 4.78 is 0. The van der Waals surface area contributed by atoms with Crippen LogP contribution in [-0.4, -0.2) is 60.5 Å². The number of nitrogens with zero attached hydrogens (tertiary/aromatic N) is 2. The van der Waals surface area contributed by atoms with Crippen molar-refractivity contribution < 1.29 is 4.79 Å². The number of hydrogen-bond donors (Lipinski definition) is 1. The van der Waals surface area contributed by atoms with E-state index in [2.05, 4.69) is 37.9 Å². The molecule has 0 saturated carbocycles. The van der Waals surface area contributed by atoms with E-state index in [1.165, 1.54) is 0 Å². The van der Waals surface area contributed by atoms with Gasteiger partial charge in [-0.15, -0.1) is 0 Å². The van der Waals surface area contributed by atoms with Crippen LogP contribution in [0.1, 0.15) is 34.1 Å². The van der Waals surface area contributed by atoms with Crippen LogP contribution in [0.25, 0.3) is 0 Å². The first-order valence-corrected chi connectivity index (χ1v) is 6.85. The van der Waals surface area contributed by atoms with Crippen LogP contribution in [0.4, 0.5) is 0 Å². The highest BCUT2D eigenvalue weighted by atomic mass is 16.2. The number of rotatable bonds is 7. The highest BCUT2D eigenvalue weighted by molar-refractivity contribution is 5.84. The molecule has 1 N–H and O–H groups in total. The van der Waals surface area contributed by atoms with Crippen molar-refractivity contribution in [3.63, 3.8) is 0 Å². The number of likely N-dealkylation sites (tertiary alicyclic amines) is 1. The Labute approximate surface area is 105 Å². The molecule has 0 aromatic carbocycles. The molecule has 0 bridgehead atoms. The molecule has 1 atom stereocenters. The van der Waals surface area contributed by atoms with Crippen molar-refractivity contribution in [2.75, 3.05) is 32.7 Å². The van der Waals surface area contributed by atoms with Crippen LogP contribution in [0, 0.1) is 0 Å². The van der Waals surface area contributed by atoms with Gasteiger partial charge in [0.1, 0.15) is 0 Å². The molecule has 1 rings (SSSR count). The van der Waals surface area contributed by atoms with Crippen LogP contribution in [0.15, 0.2) is 0 Å². The van der Waals surface area contributed by atoms with Gasteiger partial charge >= 0.3 is 0 Å². The molecule has 1 aliphatic rings. The van der Waals surface area contributed by atoms with E-state index in [-0.39, 0.29) is 11.9 Å². The molecular formula is C13H27N3O. The summed E-state index contributed by atoms with van der Waals surface area (Å²) in [6.45, 7) is 13.4. The lowest BCUT2D eigenvalue weighted by Crippen LogP contribution is -2.43. The zero-order chi connectivity index (χ0) is 12.8. The Balaban J connectivity index is 2.34. The third kappa shape index (κ3) is 4.28. The molecule has 0 aromatic heterocycles.